The molecule has 14 rings (SSSR count). The Morgan fingerprint density at radius 1 is 0.371 bits per heavy atom. The first kappa shape index (κ1) is 33.9. The highest BCUT2D eigenvalue weighted by atomic mass is 32.1. The second kappa shape index (κ2) is 12.8. The van der Waals surface area contributed by atoms with Crippen molar-refractivity contribution < 1.29 is 4.42 Å². The van der Waals surface area contributed by atoms with E-state index in [0.29, 0.717) is 0 Å². The van der Waals surface area contributed by atoms with Gasteiger partial charge in [0.15, 0.2) is 0 Å². The number of hydrogen-bond acceptors (Lipinski definition) is 2. The van der Waals surface area contributed by atoms with Crippen LogP contribution in [0.25, 0.3) is 130 Å². The van der Waals surface area contributed by atoms with Gasteiger partial charge < -0.3 is 13.6 Å². The second-order valence-corrected chi connectivity index (χ2v) is 17.4. The number of fused-ring (bicyclic) bond motifs is 14. The smallest absolute Gasteiger partial charge is 0.136 e. The van der Waals surface area contributed by atoms with E-state index in [4.69, 9.17) is 4.42 Å². The monoisotopic (exact) mass is 806 g/mol. The van der Waals surface area contributed by atoms with Crippen molar-refractivity contribution in [2.24, 2.45) is 0 Å². The Bertz CT molecular complexity index is 4160. The van der Waals surface area contributed by atoms with E-state index in [1.165, 1.54) is 91.4 Å². The molecule has 0 fully saturated rings. The minimum Gasteiger partial charge on any atom is -0.456 e. The van der Waals surface area contributed by atoms with E-state index in [9.17, 15) is 0 Å². The van der Waals surface area contributed by atoms with E-state index in [1.54, 1.807) is 0 Å². The molecule has 4 heterocycles. The first-order chi connectivity index (χ1) is 30.8. The van der Waals surface area contributed by atoms with Crippen molar-refractivity contribution in [1.29, 1.82) is 0 Å². The number of aromatic nitrogens is 2. The van der Waals surface area contributed by atoms with Crippen molar-refractivity contribution in [2.75, 3.05) is 0 Å². The molecule has 0 atom stereocenters. The van der Waals surface area contributed by atoms with Crippen LogP contribution >= 0.6 is 11.3 Å². The van der Waals surface area contributed by atoms with Gasteiger partial charge in [0, 0.05) is 58.9 Å². The first-order valence-electron chi connectivity index (χ1n) is 21.2. The molecule has 0 aliphatic carbocycles. The van der Waals surface area contributed by atoms with Crippen LogP contribution in [0.2, 0.25) is 0 Å². The first-order valence-corrected chi connectivity index (χ1v) is 22.0. The Hall–Kier alpha value is -7.92. The van der Waals surface area contributed by atoms with Gasteiger partial charge in [-0.25, -0.2) is 0 Å². The lowest BCUT2D eigenvalue weighted by atomic mass is 9.95. The zero-order valence-electron chi connectivity index (χ0n) is 33.3. The molecule has 0 aliphatic rings. The number of nitrogens with zero attached hydrogens (tertiary/aromatic N) is 2. The lowest BCUT2D eigenvalue weighted by Crippen LogP contribution is -1.95. The van der Waals surface area contributed by atoms with Crippen LogP contribution in [0.5, 0.6) is 0 Å². The molecule has 0 aliphatic heterocycles. The topological polar surface area (TPSA) is 23.0 Å². The molecule has 0 spiro atoms. The second-order valence-electron chi connectivity index (χ2n) is 16.4. The quantitative estimate of drug-likeness (QED) is 0.174. The number of furan rings is 1. The molecule has 0 saturated heterocycles. The Morgan fingerprint density at radius 3 is 1.94 bits per heavy atom. The summed E-state index contributed by atoms with van der Waals surface area (Å²) in [5.74, 6) is 0. The summed E-state index contributed by atoms with van der Waals surface area (Å²) in [6.07, 6.45) is 0. The van der Waals surface area contributed by atoms with E-state index >= 15 is 0 Å². The number of hydrogen-bond donors (Lipinski definition) is 0. The molecule has 0 saturated carbocycles. The van der Waals surface area contributed by atoms with Gasteiger partial charge in [-0.15, -0.1) is 11.3 Å². The molecule has 62 heavy (non-hydrogen) atoms. The molecule has 10 aromatic carbocycles. The summed E-state index contributed by atoms with van der Waals surface area (Å²) in [5, 5.41) is 12.3. The van der Waals surface area contributed by atoms with Crippen LogP contribution in [0.15, 0.2) is 211 Å². The summed E-state index contributed by atoms with van der Waals surface area (Å²) in [5.41, 5.74) is 13.7. The van der Waals surface area contributed by atoms with E-state index in [0.717, 1.165) is 38.8 Å². The van der Waals surface area contributed by atoms with Gasteiger partial charge in [0.2, 0.25) is 0 Å². The summed E-state index contributed by atoms with van der Waals surface area (Å²) < 4.78 is 14.2. The third kappa shape index (κ3) is 4.70. The lowest BCUT2D eigenvalue weighted by molar-refractivity contribution is 0.669. The van der Waals surface area contributed by atoms with E-state index < -0.39 is 0 Å². The fourth-order valence-electron chi connectivity index (χ4n) is 10.5. The average Bonchev–Trinajstić information content (AvgIpc) is 4.09. The molecule has 3 nitrogen and oxygen atoms in total. The molecule has 0 unspecified atom stereocenters. The SMILES string of the molecule is c1ccc(-n2c3ccc(-c4cccc5oc6ccc(-c7cccc8c7c7ccccc7n8-c7cccc8ccccc78)cc6c45)cc3c3ccc4c5ccccc5sc4c32)cc1. The highest BCUT2D eigenvalue weighted by Gasteiger charge is 2.22. The van der Waals surface area contributed by atoms with Crippen molar-refractivity contribution in [3.8, 4) is 33.6 Å². The third-order valence-corrected chi connectivity index (χ3v) is 14.3. The lowest BCUT2D eigenvalue weighted by Gasteiger charge is -2.12. The summed E-state index contributed by atoms with van der Waals surface area (Å²) in [7, 11) is 0. The van der Waals surface area contributed by atoms with Crippen LogP contribution in [0.4, 0.5) is 0 Å². The van der Waals surface area contributed by atoms with Gasteiger partial charge >= 0.3 is 0 Å². The van der Waals surface area contributed by atoms with Crippen molar-refractivity contribution in [2.45, 2.75) is 0 Å². The third-order valence-electron chi connectivity index (χ3n) is 13.1. The molecule has 0 radical (unpaired) electrons. The number of thiophene rings is 1. The van der Waals surface area contributed by atoms with E-state index in [-0.39, 0.29) is 0 Å². The zero-order chi connectivity index (χ0) is 40.5. The van der Waals surface area contributed by atoms with Gasteiger partial charge in [-0.1, -0.05) is 140 Å². The minimum atomic E-state index is 0.885. The average molecular weight is 807 g/mol. The summed E-state index contributed by atoms with van der Waals surface area (Å²) in [6.45, 7) is 0. The highest BCUT2D eigenvalue weighted by molar-refractivity contribution is 7.26. The fourth-order valence-corrected chi connectivity index (χ4v) is 11.7. The van der Waals surface area contributed by atoms with Crippen molar-refractivity contribution in [1.82, 2.24) is 9.13 Å². The maximum Gasteiger partial charge on any atom is 0.136 e. The van der Waals surface area contributed by atoms with E-state index in [2.05, 4.69) is 215 Å². The summed E-state index contributed by atoms with van der Waals surface area (Å²) in [6, 6.07) is 75.3. The Kier molecular flexibility index (Phi) is 6.99. The van der Waals surface area contributed by atoms with Crippen LogP contribution in [-0.4, -0.2) is 9.13 Å². The van der Waals surface area contributed by atoms with Crippen LogP contribution in [0, 0.1) is 0 Å². The Morgan fingerprint density at radius 2 is 1.03 bits per heavy atom. The molecule has 288 valence electrons. The Balaban J connectivity index is 0.990. The molecule has 4 aromatic heterocycles. The number of rotatable bonds is 4. The van der Waals surface area contributed by atoms with Crippen molar-refractivity contribution in [3.63, 3.8) is 0 Å². The van der Waals surface area contributed by atoms with Crippen LogP contribution < -0.4 is 0 Å². The minimum absolute atomic E-state index is 0.885. The number of para-hydroxylation sites is 2. The molecule has 4 heteroatoms. The van der Waals surface area contributed by atoms with Gasteiger partial charge in [0.25, 0.3) is 0 Å². The predicted molar refractivity (Wildman–Crippen MR) is 264 cm³/mol. The highest BCUT2D eigenvalue weighted by Crippen LogP contribution is 2.46. The molecule has 14 aromatic rings. The largest absolute Gasteiger partial charge is 0.456 e. The zero-order valence-corrected chi connectivity index (χ0v) is 34.2. The van der Waals surface area contributed by atoms with Gasteiger partial charge in [0.1, 0.15) is 11.2 Å². The van der Waals surface area contributed by atoms with Crippen LogP contribution in [-0.2, 0) is 0 Å². The van der Waals surface area contributed by atoms with Crippen LogP contribution in [0.1, 0.15) is 0 Å². The molecular formula is C58H34N2OS. The normalized spacial score (nSPS) is 12.2. The number of benzene rings is 10. The van der Waals surface area contributed by atoms with Gasteiger partial charge in [0.05, 0.1) is 32.5 Å². The molecular weight excluding hydrogens is 773 g/mol. The van der Waals surface area contributed by atoms with Crippen molar-refractivity contribution in [3.05, 3.63) is 206 Å². The molecule has 0 N–H and O–H groups in total. The predicted octanol–water partition coefficient (Wildman–Crippen LogP) is 16.6. The summed E-state index contributed by atoms with van der Waals surface area (Å²) in [4.78, 5) is 0. The molecule has 0 amide bonds. The van der Waals surface area contributed by atoms with Crippen LogP contribution in [0.3, 0.4) is 0 Å². The maximum absolute atomic E-state index is 6.66. The maximum atomic E-state index is 6.66. The molecule has 0 bridgehead atoms. The standard InChI is InChI=1S/C58H34N2OS/c1-2-15-38(16-3-1)59-50-31-27-36(33-46(50)43-29-30-44-42-18-7-9-26-54(42)62-58(44)57(43)59)41-21-12-25-53-56(41)47-34-37(28-32-52(47)61-53)40-20-11-24-51-55(40)45-19-6-8-22-49(45)60(51)48-23-10-14-35-13-4-5-17-39(35)48/h1-34H. The fraction of sp³-hybridized carbons (Fsp3) is 0. The van der Waals surface area contributed by atoms with Crippen molar-refractivity contribution >= 4 is 108 Å². The van der Waals surface area contributed by atoms with Gasteiger partial charge in [-0.05, 0) is 94.4 Å². The van der Waals surface area contributed by atoms with Gasteiger partial charge in [-0.2, -0.15) is 0 Å². The summed E-state index contributed by atoms with van der Waals surface area (Å²) >= 11 is 1.89. The van der Waals surface area contributed by atoms with Gasteiger partial charge in [-0.3, -0.25) is 0 Å². The Labute approximate surface area is 359 Å². The van der Waals surface area contributed by atoms with E-state index in [1.807, 2.05) is 11.3 Å².